The smallest absolute Gasteiger partial charge is 0.0575 e. The van der Waals surface area contributed by atoms with Crippen LogP contribution in [-0.2, 0) is 4.74 Å². The minimum absolute atomic E-state index is 0.302. The molecule has 0 aliphatic carbocycles. The van der Waals surface area contributed by atoms with Crippen LogP contribution in [0, 0.1) is 11.8 Å². The summed E-state index contributed by atoms with van der Waals surface area (Å²) in [4.78, 5) is 0. The Labute approximate surface area is 93.6 Å². The Bertz CT molecular complexity index is 210. The zero-order chi connectivity index (χ0) is 10.9. The van der Waals surface area contributed by atoms with Crippen LogP contribution in [0.3, 0.4) is 0 Å². The van der Waals surface area contributed by atoms with Gasteiger partial charge in [-0.3, -0.25) is 0 Å². The highest BCUT2D eigenvalue weighted by molar-refractivity contribution is 4.95. The van der Waals surface area contributed by atoms with Crippen LogP contribution >= 0.6 is 0 Å². The van der Waals surface area contributed by atoms with Crippen LogP contribution in [0.15, 0.2) is 0 Å². The third-order valence-corrected chi connectivity index (χ3v) is 2.95. The molecule has 1 saturated heterocycles. The van der Waals surface area contributed by atoms with Crippen molar-refractivity contribution in [1.82, 2.24) is 0 Å². The molecule has 2 nitrogen and oxygen atoms in total. The van der Waals surface area contributed by atoms with Gasteiger partial charge in [0.15, 0.2) is 0 Å². The van der Waals surface area contributed by atoms with Crippen LogP contribution in [0.1, 0.15) is 51.9 Å². The van der Waals surface area contributed by atoms with Crippen LogP contribution in [0.4, 0.5) is 0 Å². The number of ether oxygens (including phenoxy) is 1. The first-order chi connectivity index (χ1) is 7.33. The first-order valence-corrected chi connectivity index (χ1v) is 6.09. The number of hydrogen-bond donors (Lipinski definition) is 1. The minimum Gasteiger partial charge on any atom is -0.378 e. The second-order valence-electron chi connectivity index (χ2n) is 4.29. The molecule has 1 heterocycles. The van der Waals surface area contributed by atoms with E-state index in [9.17, 15) is 0 Å². The average molecular weight is 209 g/mol. The zero-order valence-corrected chi connectivity index (χ0v) is 9.80. The minimum atomic E-state index is 0.302. The summed E-state index contributed by atoms with van der Waals surface area (Å²) < 4.78 is 5.67. The van der Waals surface area contributed by atoms with Gasteiger partial charge in [-0.25, -0.2) is 0 Å². The quantitative estimate of drug-likeness (QED) is 0.706. The molecule has 2 heteroatoms. The summed E-state index contributed by atoms with van der Waals surface area (Å²) in [6.45, 7) is 2.82. The van der Waals surface area contributed by atoms with Crippen LogP contribution in [0.2, 0.25) is 0 Å². The molecule has 0 aromatic carbocycles. The molecule has 2 unspecified atom stereocenters. The van der Waals surface area contributed by atoms with Gasteiger partial charge in [-0.15, -0.1) is 11.8 Å². The van der Waals surface area contributed by atoms with E-state index in [0.29, 0.717) is 12.1 Å². The topological polar surface area (TPSA) is 35.2 Å². The van der Waals surface area contributed by atoms with Gasteiger partial charge in [0.25, 0.3) is 0 Å². The van der Waals surface area contributed by atoms with Gasteiger partial charge in [-0.05, 0) is 45.4 Å². The predicted octanol–water partition coefficient (Wildman–Crippen LogP) is 2.47. The normalized spacial score (nSPS) is 22.9. The highest BCUT2D eigenvalue weighted by atomic mass is 16.5. The summed E-state index contributed by atoms with van der Waals surface area (Å²) in [7, 11) is 0. The van der Waals surface area contributed by atoms with Crippen LogP contribution in [0.5, 0.6) is 0 Å². The summed E-state index contributed by atoms with van der Waals surface area (Å²) in [6, 6.07) is 0.302. The summed E-state index contributed by atoms with van der Waals surface area (Å²) in [5.74, 6) is 5.95. The maximum Gasteiger partial charge on any atom is 0.0575 e. The fourth-order valence-corrected chi connectivity index (χ4v) is 1.96. The van der Waals surface area contributed by atoms with Crippen molar-refractivity contribution >= 4 is 0 Å². The Kier molecular flexibility index (Phi) is 6.47. The summed E-state index contributed by atoms with van der Waals surface area (Å²) >= 11 is 0. The lowest BCUT2D eigenvalue weighted by Crippen LogP contribution is -2.25. The van der Waals surface area contributed by atoms with Crippen LogP contribution in [0.25, 0.3) is 0 Å². The highest BCUT2D eigenvalue weighted by Gasteiger charge is 2.14. The van der Waals surface area contributed by atoms with E-state index in [4.69, 9.17) is 10.5 Å². The van der Waals surface area contributed by atoms with Crippen molar-refractivity contribution in [3.8, 4) is 11.8 Å². The predicted molar refractivity (Wildman–Crippen MR) is 63.5 cm³/mol. The molecule has 1 fully saturated rings. The fourth-order valence-electron chi connectivity index (χ4n) is 1.96. The van der Waals surface area contributed by atoms with E-state index in [2.05, 4.69) is 11.8 Å². The second kappa shape index (κ2) is 7.73. The van der Waals surface area contributed by atoms with Crippen molar-refractivity contribution in [2.75, 3.05) is 6.61 Å². The molecule has 86 valence electrons. The lowest BCUT2D eigenvalue weighted by molar-refractivity contribution is 0.00906. The SMILES string of the molecule is CC#CCCC(N)CCC1CCCCO1. The van der Waals surface area contributed by atoms with Gasteiger partial charge in [0, 0.05) is 19.1 Å². The maximum atomic E-state index is 6.01. The third-order valence-electron chi connectivity index (χ3n) is 2.95. The van der Waals surface area contributed by atoms with Crippen molar-refractivity contribution in [2.24, 2.45) is 5.73 Å². The summed E-state index contributed by atoms with van der Waals surface area (Å²) in [6.07, 6.45) is 8.41. The number of rotatable bonds is 5. The maximum absolute atomic E-state index is 6.01. The van der Waals surface area contributed by atoms with Gasteiger partial charge in [0.1, 0.15) is 0 Å². The Morgan fingerprint density at radius 2 is 2.27 bits per heavy atom. The van der Waals surface area contributed by atoms with E-state index >= 15 is 0 Å². The monoisotopic (exact) mass is 209 g/mol. The van der Waals surface area contributed by atoms with Crippen molar-refractivity contribution in [1.29, 1.82) is 0 Å². The second-order valence-corrected chi connectivity index (χ2v) is 4.29. The average Bonchev–Trinajstić information content (AvgIpc) is 2.28. The molecule has 1 rings (SSSR count). The van der Waals surface area contributed by atoms with Gasteiger partial charge < -0.3 is 10.5 Å². The molecule has 0 aromatic rings. The zero-order valence-electron chi connectivity index (χ0n) is 9.80. The Morgan fingerprint density at radius 1 is 1.40 bits per heavy atom. The molecule has 0 spiro atoms. The van der Waals surface area contributed by atoms with Crippen LogP contribution < -0.4 is 5.73 Å². The van der Waals surface area contributed by atoms with Crippen molar-refractivity contribution in [3.63, 3.8) is 0 Å². The first kappa shape index (κ1) is 12.5. The Morgan fingerprint density at radius 3 is 2.93 bits per heavy atom. The third kappa shape index (κ3) is 5.81. The van der Waals surface area contributed by atoms with Gasteiger partial charge >= 0.3 is 0 Å². The summed E-state index contributed by atoms with van der Waals surface area (Å²) in [5, 5.41) is 0. The Hall–Kier alpha value is -0.520. The van der Waals surface area contributed by atoms with E-state index in [1.54, 1.807) is 0 Å². The largest absolute Gasteiger partial charge is 0.378 e. The highest BCUT2D eigenvalue weighted by Crippen LogP contribution is 2.18. The number of hydrogen-bond acceptors (Lipinski definition) is 2. The Balaban J connectivity index is 2.03. The van der Waals surface area contributed by atoms with Crippen LogP contribution in [-0.4, -0.2) is 18.8 Å². The molecule has 2 N–H and O–H groups in total. The molecule has 15 heavy (non-hydrogen) atoms. The molecule has 2 atom stereocenters. The van der Waals surface area contributed by atoms with E-state index < -0.39 is 0 Å². The molecule has 1 aliphatic rings. The molecular formula is C13H23NO. The van der Waals surface area contributed by atoms with Crippen molar-refractivity contribution in [2.45, 2.75) is 64.0 Å². The van der Waals surface area contributed by atoms with E-state index in [1.165, 1.54) is 19.3 Å². The lowest BCUT2D eigenvalue weighted by atomic mass is 10.00. The molecule has 1 aliphatic heterocycles. The van der Waals surface area contributed by atoms with Gasteiger partial charge in [-0.1, -0.05) is 0 Å². The van der Waals surface area contributed by atoms with Crippen molar-refractivity contribution in [3.05, 3.63) is 0 Å². The van der Waals surface area contributed by atoms with Gasteiger partial charge in [0.05, 0.1) is 6.10 Å². The van der Waals surface area contributed by atoms with E-state index in [1.807, 2.05) is 6.92 Å². The van der Waals surface area contributed by atoms with E-state index in [0.717, 1.165) is 32.3 Å². The molecule has 0 amide bonds. The summed E-state index contributed by atoms with van der Waals surface area (Å²) in [5.41, 5.74) is 6.01. The number of nitrogens with two attached hydrogens (primary N) is 1. The van der Waals surface area contributed by atoms with E-state index in [-0.39, 0.29) is 0 Å². The fraction of sp³-hybridized carbons (Fsp3) is 0.846. The molecule has 0 radical (unpaired) electrons. The molecule has 0 saturated carbocycles. The first-order valence-electron chi connectivity index (χ1n) is 6.09. The standard InChI is InChI=1S/C13H23NO/c1-2-3-4-7-12(14)9-10-13-8-5-6-11-15-13/h12-13H,4-11,14H2,1H3. The molecule has 0 bridgehead atoms. The molecule has 0 aromatic heterocycles. The van der Waals surface area contributed by atoms with Crippen molar-refractivity contribution < 1.29 is 4.74 Å². The lowest BCUT2D eigenvalue weighted by Gasteiger charge is -2.23. The van der Waals surface area contributed by atoms with Gasteiger partial charge in [0.2, 0.25) is 0 Å². The van der Waals surface area contributed by atoms with Gasteiger partial charge in [-0.2, -0.15) is 0 Å². The molecular weight excluding hydrogens is 186 g/mol.